The van der Waals surface area contributed by atoms with E-state index in [1.54, 1.807) is 30.3 Å². The summed E-state index contributed by atoms with van der Waals surface area (Å²) >= 11 is 11.9. The van der Waals surface area contributed by atoms with Gasteiger partial charge in [-0.05, 0) is 42.8 Å². The van der Waals surface area contributed by atoms with Crippen LogP contribution in [0.25, 0.3) is 0 Å². The maximum Gasteiger partial charge on any atom is 0.251 e. The van der Waals surface area contributed by atoms with Gasteiger partial charge in [-0.25, -0.2) is 0 Å². The molecule has 1 aliphatic heterocycles. The van der Waals surface area contributed by atoms with Crippen LogP contribution >= 0.6 is 23.2 Å². The van der Waals surface area contributed by atoms with Gasteiger partial charge in [0.15, 0.2) is 11.5 Å². The van der Waals surface area contributed by atoms with E-state index in [-0.39, 0.29) is 18.7 Å². The van der Waals surface area contributed by atoms with Crippen molar-refractivity contribution < 1.29 is 14.3 Å². The Balaban J connectivity index is 1.74. The first-order valence-corrected chi connectivity index (χ1v) is 7.45. The molecule has 1 N–H and O–H groups in total. The third kappa shape index (κ3) is 2.98. The van der Waals surface area contributed by atoms with Gasteiger partial charge in [0, 0.05) is 5.56 Å². The summed E-state index contributed by atoms with van der Waals surface area (Å²) in [5.41, 5.74) is 1.39. The number of carbonyl (C=O) groups is 1. The molecular formula is C16H13Cl2NO3. The lowest BCUT2D eigenvalue weighted by Gasteiger charge is -2.15. The zero-order valence-corrected chi connectivity index (χ0v) is 13.2. The van der Waals surface area contributed by atoms with E-state index in [1.165, 1.54) is 0 Å². The van der Waals surface area contributed by atoms with E-state index in [2.05, 4.69) is 5.32 Å². The lowest BCUT2D eigenvalue weighted by atomic mass is 10.1. The number of fused-ring (bicyclic) bond motifs is 1. The number of rotatable bonds is 3. The van der Waals surface area contributed by atoms with Gasteiger partial charge in [0.1, 0.15) is 0 Å². The quantitative estimate of drug-likeness (QED) is 0.912. The van der Waals surface area contributed by atoms with Crippen LogP contribution in [0.1, 0.15) is 28.9 Å². The summed E-state index contributed by atoms with van der Waals surface area (Å²) in [5.74, 6) is 1.03. The summed E-state index contributed by atoms with van der Waals surface area (Å²) in [5, 5.41) is 3.86. The molecule has 1 aliphatic rings. The maximum absolute atomic E-state index is 12.3. The topological polar surface area (TPSA) is 47.6 Å². The summed E-state index contributed by atoms with van der Waals surface area (Å²) < 4.78 is 10.5. The van der Waals surface area contributed by atoms with Crippen LogP contribution in [0.15, 0.2) is 36.4 Å². The van der Waals surface area contributed by atoms with Crippen LogP contribution in [0.4, 0.5) is 0 Å². The number of carbonyl (C=O) groups excluding carboxylic acids is 1. The average molecular weight is 338 g/mol. The van der Waals surface area contributed by atoms with Gasteiger partial charge in [0.2, 0.25) is 6.79 Å². The second-order valence-electron chi connectivity index (χ2n) is 4.94. The van der Waals surface area contributed by atoms with Crippen LogP contribution in [0.2, 0.25) is 10.0 Å². The number of ether oxygens (including phenoxy) is 2. The van der Waals surface area contributed by atoms with Crippen LogP contribution in [0.3, 0.4) is 0 Å². The Morgan fingerprint density at radius 2 is 1.86 bits per heavy atom. The minimum atomic E-state index is -0.201. The molecule has 0 radical (unpaired) electrons. The number of halogens is 2. The first-order valence-electron chi connectivity index (χ1n) is 6.70. The highest BCUT2D eigenvalue weighted by atomic mass is 35.5. The normalized spacial score (nSPS) is 13.8. The number of nitrogens with one attached hydrogen (secondary N) is 1. The maximum atomic E-state index is 12.3. The van der Waals surface area contributed by atoms with Crippen LogP contribution < -0.4 is 14.8 Å². The molecule has 0 fully saturated rings. The lowest BCUT2D eigenvalue weighted by molar-refractivity contribution is 0.0939. The van der Waals surface area contributed by atoms with Crippen LogP contribution in [-0.4, -0.2) is 12.7 Å². The van der Waals surface area contributed by atoms with Crippen molar-refractivity contribution in [2.24, 2.45) is 0 Å². The van der Waals surface area contributed by atoms with Crippen LogP contribution in [-0.2, 0) is 0 Å². The van der Waals surface area contributed by atoms with Gasteiger partial charge in [-0.2, -0.15) is 0 Å². The first kappa shape index (κ1) is 15.0. The van der Waals surface area contributed by atoms with E-state index in [0.29, 0.717) is 27.1 Å². The zero-order chi connectivity index (χ0) is 15.7. The third-order valence-electron chi connectivity index (χ3n) is 3.43. The van der Waals surface area contributed by atoms with E-state index in [4.69, 9.17) is 32.7 Å². The molecule has 1 atom stereocenters. The number of hydrogen-bond donors (Lipinski definition) is 1. The molecule has 0 aromatic heterocycles. The van der Waals surface area contributed by atoms with E-state index in [0.717, 1.165) is 5.56 Å². The van der Waals surface area contributed by atoms with Crippen molar-refractivity contribution in [3.8, 4) is 11.5 Å². The molecule has 2 aromatic rings. The van der Waals surface area contributed by atoms with Crippen molar-refractivity contribution in [2.45, 2.75) is 13.0 Å². The minimum Gasteiger partial charge on any atom is -0.454 e. The molecule has 0 saturated carbocycles. The molecule has 1 heterocycles. The van der Waals surface area contributed by atoms with Crippen LogP contribution in [0, 0.1) is 0 Å². The molecule has 6 heteroatoms. The Bertz CT molecular complexity index is 733. The standard InChI is InChI=1S/C16H13Cl2NO3/c1-9(10-2-4-12(17)13(18)6-10)19-16(20)11-3-5-14-15(7-11)22-8-21-14/h2-7,9H,8H2,1H3,(H,19,20)/t9-/m0/s1. The molecule has 114 valence electrons. The Kier molecular flexibility index (Phi) is 4.14. The zero-order valence-electron chi connectivity index (χ0n) is 11.7. The Morgan fingerprint density at radius 1 is 1.09 bits per heavy atom. The van der Waals surface area contributed by atoms with Gasteiger partial charge in [0.05, 0.1) is 16.1 Å². The van der Waals surface area contributed by atoms with Crippen LogP contribution in [0.5, 0.6) is 11.5 Å². The first-order chi connectivity index (χ1) is 10.5. The fourth-order valence-corrected chi connectivity index (χ4v) is 2.49. The summed E-state index contributed by atoms with van der Waals surface area (Å²) in [6.07, 6.45) is 0. The second-order valence-corrected chi connectivity index (χ2v) is 5.75. The molecule has 22 heavy (non-hydrogen) atoms. The van der Waals surface area contributed by atoms with Crippen molar-refractivity contribution in [2.75, 3.05) is 6.79 Å². The summed E-state index contributed by atoms with van der Waals surface area (Å²) in [4.78, 5) is 12.3. The van der Waals surface area contributed by atoms with Gasteiger partial charge >= 0.3 is 0 Å². The highest BCUT2D eigenvalue weighted by Gasteiger charge is 2.18. The summed E-state index contributed by atoms with van der Waals surface area (Å²) in [6.45, 7) is 2.06. The number of benzene rings is 2. The summed E-state index contributed by atoms with van der Waals surface area (Å²) in [6, 6.07) is 10.2. The highest BCUT2D eigenvalue weighted by molar-refractivity contribution is 6.42. The Labute approximate surface area is 137 Å². The molecule has 1 amide bonds. The fraction of sp³-hybridized carbons (Fsp3) is 0.188. The van der Waals surface area contributed by atoms with Gasteiger partial charge in [-0.3, -0.25) is 4.79 Å². The Hall–Kier alpha value is -1.91. The molecule has 3 rings (SSSR count). The third-order valence-corrected chi connectivity index (χ3v) is 4.17. The smallest absolute Gasteiger partial charge is 0.251 e. The second kappa shape index (κ2) is 6.07. The summed E-state index contributed by atoms with van der Waals surface area (Å²) in [7, 11) is 0. The monoisotopic (exact) mass is 337 g/mol. The molecule has 0 spiro atoms. The molecule has 0 aliphatic carbocycles. The van der Waals surface area contributed by atoms with E-state index in [1.807, 2.05) is 13.0 Å². The molecule has 4 nitrogen and oxygen atoms in total. The van der Waals surface area contributed by atoms with Crippen molar-refractivity contribution in [3.05, 3.63) is 57.6 Å². The predicted octanol–water partition coefficient (Wildman–Crippen LogP) is 4.21. The SMILES string of the molecule is C[C@H](NC(=O)c1ccc2c(c1)OCO2)c1ccc(Cl)c(Cl)c1. The molecular weight excluding hydrogens is 325 g/mol. The van der Waals surface area contributed by atoms with Crippen molar-refractivity contribution in [1.82, 2.24) is 5.32 Å². The van der Waals surface area contributed by atoms with Gasteiger partial charge < -0.3 is 14.8 Å². The van der Waals surface area contributed by atoms with E-state index >= 15 is 0 Å². The molecule has 0 bridgehead atoms. The average Bonchev–Trinajstić information content (AvgIpc) is 2.97. The van der Waals surface area contributed by atoms with Crippen molar-refractivity contribution >= 4 is 29.1 Å². The van der Waals surface area contributed by atoms with E-state index in [9.17, 15) is 4.79 Å². The minimum absolute atomic E-state index is 0.181. The fourth-order valence-electron chi connectivity index (χ4n) is 2.18. The largest absolute Gasteiger partial charge is 0.454 e. The van der Waals surface area contributed by atoms with E-state index < -0.39 is 0 Å². The lowest BCUT2D eigenvalue weighted by Crippen LogP contribution is -2.26. The number of hydrogen-bond acceptors (Lipinski definition) is 3. The highest BCUT2D eigenvalue weighted by Crippen LogP contribution is 2.32. The Morgan fingerprint density at radius 3 is 2.64 bits per heavy atom. The number of amides is 1. The molecule has 0 unspecified atom stereocenters. The van der Waals surface area contributed by atoms with Gasteiger partial charge in [-0.15, -0.1) is 0 Å². The van der Waals surface area contributed by atoms with Gasteiger partial charge in [-0.1, -0.05) is 29.3 Å². The van der Waals surface area contributed by atoms with Crippen molar-refractivity contribution in [1.29, 1.82) is 0 Å². The van der Waals surface area contributed by atoms with Crippen molar-refractivity contribution in [3.63, 3.8) is 0 Å². The molecule has 0 saturated heterocycles. The van der Waals surface area contributed by atoms with Gasteiger partial charge in [0.25, 0.3) is 5.91 Å². The molecule has 2 aromatic carbocycles. The predicted molar refractivity (Wildman–Crippen MR) is 84.9 cm³/mol.